The van der Waals surface area contributed by atoms with Gasteiger partial charge >= 0.3 is 11.9 Å². The Morgan fingerprint density at radius 3 is 2.28 bits per heavy atom. The zero-order valence-corrected chi connectivity index (χ0v) is 28.0. The minimum absolute atomic E-state index is 0.00534. The van der Waals surface area contributed by atoms with E-state index in [1.165, 1.54) is 6.92 Å². The van der Waals surface area contributed by atoms with E-state index >= 15 is 0 Å². The number of methoxy groups -OCH3 is 5. The van der Waals surface area contributed by atoms with Gasteiger partial charge in [0.25, 0.3) is 0 Å². The average Bonchev–Trinajstić information content (AvgIpc) is 3.42. The van der Waals surface area contributed by atoms with Gasteiger partial charge in [0.15, 0.2) is 0 Å². The Kier molecular flexibility index (Phi) is 7.81. The molecule has 1 heterocycles. The molecule has 1 saturated heterocycles. The molecule has 1 aromatic rings. The fourth-order valence-corrected chi connectivity index (χ4v) is 12.4. The third-order valence-corrected chi connectivity index (χ3v) is 13.3. The van der Waals surface area contributed by atoms with E-state index in [2.05, 4.69) is 11.8 Å². The van der Waals surface area contributed by atoms with Gasteiger partial charge in [-0.15, -0.1) is 0 Å². The number of nitrogens with zero attached hydrogens (tertiary/aromatic N) is 1. The summed E-state index contributed by atoms with van der Waals surface area (Å²) in [6, 6.07) is 6.66. The summed E-state index contributed by atoms with van der Waals surface area (Å²) in [5, 5.41) is 12.8. The van der Waals surface area contributed by atoms with Crippen molar-refractivity contribution < 1.29 is 47.9 Å². The number of carbonyl (C=O) groups excluding carboxylic acids is 2. The van der Waals surface area contributed by atoms with Gasteiger partial charge < -0.3 is 38.3 Å². The van der Waals surface area contributed by atoms with Crippen LogP contribution in [0.4, 0.5) is 0 Å². The molecule has 0 radical (unpaired) electrons. The fourth-order valence-electron chi connectivity index (χ4n) is 12.4. The highest BCUT2D eigenvalue weighted by Gasteiger charge is 2.89. The van der Waals surface area contributed by atoms with Crippen LogP contribution < -0.4 is 4.74 Å². The molecule has 0 unspecified atom stereocenters. The van der Waals surface area contributed by atoms with Gasteiger partial charge in [-0.05, 0) is 56.0 Å². The molecule has 11 heteroatoms. The molecule has 11 nitrogen and oxygen atoms in total. The number of hydrogen-bond donors (Lipinski definition) is 1. The Morgan fingerprint density at radius 1 is 0.978 bits per heavy atom. The Bertz CT molecular complexity index is 1360. The van der Waals surface area contributed by atoms with E-state index in [0.717, 1.165) is 25.9 Å². The van der Waals surface area contributed by atoms with Crippen LogP contribution in [0.2, 0.25) is 0 Å². The van der Waals surface area contributed by atoms with Crippen LogP contribution >= 0.6 is 0 Å². The Labute approximate surface area is 271 Å². The fraction of sp³-hybridized carbons (Fsp3) is 0.771. The van der Waals surface area contributed by atoms with Gasteiger partial charge in [-0.25, -0.2) is 4.79 Å². The lowest BCUT2D eigenvalue weighted by Crippen LogP contribution is -2.77. The lowest BCUT2D eigenvalue weighted by atomic mass is 9.43. The van der Waals surface area contributed by atoms with E-state index in [1.54, 1.807) is 59.8 Å². The molecule has 1 aliphatic heterocycles. The van der Waals surface area contributed by atoms with Crippen LogP contribution in [0.25, 0.3) is 0 Å². The SMILES string of the molecule is CCN1C[C@@]2(COC)CC[C@H](OC)[C@@]34[C@@H]5C[C@@]6(O)[C@@H](OC)C[C@](OC(C)=O)([C@H]5[C@H]6OC(=O)c5ccc(OC)cc5)[C@@H]([C@H](OC)[C@H]23)[C@@H]14. The summed E-state index contributed by atoms with van der Waals surface area (Å²) in [5.41, 5.74) is -3.03. The van der Waals surface area contributed by atoms with Gasteiger partial charge in [0, 0.05) is 83.0 Å². The molecule has 0 amide bonds. The van der Waals surface area contributed by atoms with Crippen molar-refractivity contribution >= 4 is 11.9 Å². The van der Waals surface area contributed by atoms with Crippen molar-refractivity contribution in [2.24, 2.45) is 34.5 Å². The van der Waals surface area contributed by atoms with Crippen molar-refractivity contribution in [2.75, 3.05) is 55.2 Å². The molecule has 46 heavy (non-hydrogen) atoms. The minimum Gasteiger partial charge on any atom is -0.497 e. The molecule has 6 fully saturated rings. The zero-order valence-electron chi connectivity index (χ0n) is 28.0. The van der Waals surface area contributed by atoms with Crippen molar-refractivity contribution in [1.29, 1.82) is 0 Å². The molecule has 7 rings (SSSR count). The van der Waals surface area contributed by atoms with Crippen molar-refractivity contribution in [2.45, 2.75) is 81.2 Å². The van der Waals surface area contributed by atoms with Crippen LogP contribution in [0.5, 0.6) is 5.75 Å². The van der Waals surface area contributed by atoms with Crippen LogP contribution in [0.15, 0.2) is 24.3 Å². The van der Waals surface area contributed by atoms with Crippen LogP contribution in [0.1, 0.15) is 49.9 Å². The summed E-state index contributed by atoms with van der Waals surface area (Å²) in [6.45, 7) is 5.80. The molecule has 13 atom stereocenters. The maximum Gasteiger partial charge on any atom is 0.338 e. The number of piperidine rings is 1. The molecule has 254 valence electrons. The minimum atomic E-state index is -1.51. The van der Waals surface area contributed by atoms with Crippen LogP contribution in [-0.4, -0.2) is 119 Å². The van der Waals surface area contributed by atoms with Gasteiger partial charge in [0.1, 0.15) is 23.1 Å². The van der Waals surface area contributed by atoms with E-state index in [4.69, 9.17) is 33.2 Å². The molecular formula is C35H49NO10. The summed E-state index contributed by atoms with van der Waals surface area (Å²) in [4.78, 5) is 29.7. The number of esters is 2. The molecular weight excluding hydrogens is 594 g/mol. The number of fused-ring (bicyclic) bond motifs is 2. The van der Waals surface area contributed by atoms with E-state index in [1.807, 2.05) is 0 Å². The monoisotopic (exact) mass is 643 g/mol. The number of ether oxygens (including phenoxy) is 7. The second-order valence-corrected chi connectivity index (χ2v) is 14.6. The predicted octanol–water partition coefficient (Wildman–Crippen LogP) is 2.72. The zero-order chi connectivity index (χ0) is 32.8. The number of likely N-dealkylation sites (tertiary alicyclic amines) is 1. The summed E-state index contributed by atoms with van der Waals surface area (Å²) in [7, 11) is 8.44. The molecule has 5 aliphatic carbocycles. The average molecular weight is 644 g/mol. The Morgan fingerprint density at radius 2 is 1.70 bits per heavy atom. The summed E-state index contributed by atoms with van der Waals surface area (Å²) < 4.78 is 43.6. The van der Waals surface area contributed by atoms with E-state index in [9.17, 15) is 14.7 Å². The lowest BCUT2D eigenvalue weighted by molar-refractivity contribution is -0.287. The van der Waals surface area contributed by atoms with Crippen molar-refractivity contribution in [1.82, 2.24) is 4.90 Å². The number of hydrogen-bond acceptors (Lipinski definition) is 11. The van der Waals surface area contributed by atoms with Crippen molar-refractivity contribution in [3.05, 3.63) is 29.8 Å². The number of aliphatic hydroxyl groups is 1. The molecule has 7 bridgehead atoms. The van der Waals surface area contributed by atoms with Gasteiger partial charge in [0.2, 0.25) is 0 Å². The largest absolute Gasteiger partial charge is 0.497 e. The number of carbonyl (C=O) groups is 2. The van der Waals surface area contributed by atoms with E-state index in [0.29, 0.717) is 24.3 Å². The first kappa shape index (κ1) is 32.3. The van der Waals surface area contributed by atoms with E-state index < -0.39 is 46.7 Å². The van der Waals surface area contributed by atoms with Gasteiger partial charge in [-0.1, -0.05) is 6.92 Å². The smallest absolute Gasteiger partial charge is 0.338 e. The summed E-state index contributed by atoms with van der Waals surface area (Å²) >= 11 is 0. The Hall–Kier alpha value is -2.28. The first-order chi connectivity index (χ1) is 22.1. The second-order valence-electron chi connectivity index (χ2n) is 14.6. The van der Waals surface area contributed by atoms with Crippen molar-refractivity contribution in [3.8, 4) is 5.75 Å². The van der Waals surface area contributed by atoms with Gasteiger partial charge in [-0.2, -0.15) is 0 Å². The molecule has 0 aromatic heterocycles. The van der Waals surface area contributed by atoms with Gasteiger partial charge in [0.05, 0.1) is 37.6 Å². The van der Waals surface area contributed by atoms with Crippen LogP contribution in [-0.2, 0) is 33.2 Å². The van der Waals surface area contributed by atoms with Crippen LogP contribution in [0.3, 0.4) is 0 Å². The first-order valence-corrected chi connectivity index (χ1v) is 16.6. The highest BCUT2D eigenvalue weighted by Crippen LogP contribution is 2.80. The second kappa shape index (κ2) is 11.1. The quantitative estimate of drug-likeness (QED) is 0.379. The summed E-state index contributed by atoms with van der Waals surface area (Å²) in [6.07, 6.45) is 0.142. The topological polar surface area (TPSA) is 122 Å². The van der Waals surface area contributed by atoms with Crippen LogP contribution in [0, 0.1) is 34.5 Å². The predicted molar refractivity (Wildman–Crippen MR) is 164 cm³/mol. The highest BCUT2D eigenvalue weighted by molar-refractivity contribution is 5.89. The molecule has 1 spiro atoms. The maximum absolute atomic E-state index is 13.9. The molecule has 1 N–H and O–H groups in total. The van der Waals surface area contributed by atoms with Crippen molar-refractivity contribution in [3.63, 3.8) is 0 Å². The first-order valence-electron chi connectivity index (χ1n) is 16.6. The standard InChI is InChI=1S/C35H49NO10/c1-8-36-17-32(18-40-3)14-13-23(42-5)35-22-15-33(39)24(43-6)16-34(46-19(2)37,26(29(35)36)27(44-7)28(32)35)25(22)30(33)45-31(38)20-9-11-21(41-4)12-10-20/h9-12,22-30,39H,8,13-18H2,1-7H3/t22-,23+,24+,25-,26+,27+,28-,29-,30-,32-,33-,34+,35+/m1/s1. The lowest BCUT2D eigenvalue weighted by Gasteiger charge is -2.69. The Balaban J connectivity index is 1.46. The van der Waals surface area contributed by atoms with E-state index in [-0.39, 0.29) is 47.8 Å². The summed E-state index contributed by atoms with van der Waals surface area (Å²) in [5.74, 6) is -1.38. The number of rotatable bonds is 10. The third kappa shape index (κ3) is 3.87. The molecule has 5 saturated carbocycles. The normalized spacial score (nSPS) is 46.6. The maximum atomic E-state index is 13.9. The highest BCUT2D eigenvalue weighted by atomic mass is 16.6. The number of benzene rings is 1. The third-order valence-electron chi connectivity index (χ3n) is 13.3. The van der Waals surface area contributed by atoms with Gasteiger partial charge in [-0.3, -0.25) is 9.69 Å². The molecule has 1 aromatic carbocycles. The molecule has 6 aliphatic rings.